The van der Waals surface area contributed by atoms with Gasteiger partial charge in [-0.15, -0.1) is 23.2 Å². The van der Waals surface area contributed by atoms with E-state index in [-0.39, 0.29) is 41.2 Å². The Morgan fingerprint density at radius 2 is 0.597 bits per heavy atom. The summed E-state index contributed by atoms with van der Waals surface area (Å²) in [6.07, 6.45) is 0. The normalized spacial score (nSPS) is 9.94. The van der Waals surface area contributed by atoms with Crippen LogP contribution in [0.1, 0.15) is 5.56 Å². The molecule has 0 heterocycles. The van der Waals surface area contributed by atoms with E-state index in [4.69, 9.17) is 60.6 Å². The average molecular weight is 1090 g/mol. The first kappa shape index (κ1) is 55.5. The third kappa shape index (κ3) is 23.9. The van der Waals surface area contributed by atoms with E-state index in [0.717, 1.165) is 40.1 Å². The van der Waals surface area contributed by atoms with Gasteiger partial charge in [-0.1, -0.05) is 127 Å². The summed E-state index contributed by atoms with van der Waals surface area (Å²) in [6.45, 7) is 1.82. The van der Waals surface area contributed by atoms with Crippen LogP contribution in [-0.4, -0.2) is 28.5 Å². The second-order valence-corrected chi connectivity index (χ2v) is 17.3. The molecule has 0 aliphatic rings. The molecule has 0 spiro atoms. The fourth-order valence-electron chi connectivity index (χ4n) is 4.79. The molecule has 0 aliphatic heterocycles. The van der Waals surface area contributed by atoms with Crippen molar-refractivity contribution in [3.63, 3.8) is 0 Å². The van der Waals surface area contributed by atoms with Crippen LogP contribution < -0.4 is 27.1 Å². The molecule has 67 heavy (non-hydrogen) atoms. The number of benzene rings is 8. The molecular weight excluding hydrogens is 1040 g/mol. The van der Waals surface area contributed by atoms with Crippen molar-refractivity contribution in [1.82, 2.24) is 0 Å². The van der Waals surface area contributed by atoms with Crippen LogP contribution in [0.25, 0.3) is 0 Å². The summed E-state index contributed by atoms with van der Waals surface area (Å²) in [4.78, 5) is -0.178. The van der Waals surface area contributed by atoms with Gasteiger partial charge in [-0.2, -0.15) is 0 Å². The van der Waals surface area contributed by atoms with Crippen molar-refractivity contribution >= 4 is 50.5 Å². The van der Waals surface area contributed by atoms with Crippen LogP contribution in [0.2, 0.25) is 0 Å². The predicted molar refractivity (Wildman–Crippen MR) is 265 cm³/mol. The number of hydrogen-bond donors (Lipinski definition) is 2. The number of aromatic hydroxyl groups is 2. The molecule has 0 saturated carbocycles. The fraction of sp³-hybridized carbons (Fsp3) is 0.0400. The fourth-order valence-corrected chi connectivity index (χ4v) is 7.48. The van der Waals surface area contributed by atoms with Gasteiger partial charge >= 0.3 is 17.2 Å². The van der Waals surface area contributed by atoms with Gasteiger partial charge in [-0.25, -0.2) is 8.42 Å². The van der Waals surface area contributed by atoms with Gasteiger partial charge in [0.15, 0.2) is 34.5 Å². The number of phenolic OH excluding ortho intramolecular Hbond substituents is 2. The first-order valence-electron chi connectivity index (χ1n) is 19.7. The third-order valence-electron chi connectivity index (χ3n) is 7.83. The maximum atomic E-state index is 10.4. The van der Waals surface area contributed by atoms with Crippen molar-refractivity contribution < 1.29 is 69.8 Å². The molecule has 0 aromatic heterocycles. The van der Waals surface area contributed by atoms with Crippen LogP contribution in [0.3, 0.4) is 0 Å². The molecule has 0 bridgehead atoms. The van der Waals surface area contributed by atoms with E-state index in [1.807, 2.05) is 189 Å². The van der Waals surface area contributed by atoms with E-state index in [1.54, 1.807) is 12.1 Å². The number of para-hydroxylation sites is 6. The Kier molecular flexibility index (Phi) is 26.4. The summed E-state index contributed by atoms with van der Waals surface area (Å²) in [6, 6.07) is 68.7. The number of hydrogen-bond acceptors (Lipinski definition) is 11. The van der Waals surface area contributed by atoms with Gasteiger partial charge in [0.25, 0.3) is 0 Å². The molecule has 2 N–H and O–H groups in total. The Morgan fingerprint density at radius 3 is 0.776 bits per heavy atom. The van der Waals surface area contributed by atoms with Crippen LogP contribution in [0.4, 0.5) is 0 Å². The molecule has 0 unspecified atom stereocenters. The summed E-state index contributed by atoms with van der Waals surface area (Å²) >= 11 is 9.53. The molecule has 8 aromatic rings. The standard InChI is InChI=1S/2C18H16O3P.C7H8O3S.C6H6O2.CH2Cl2.Rh/c2*1-4-10-16(11-5-1)19-22(20-17-12-6-2-7-13-17)21-18-14-8-3-9-15-18;1-6-2-4-7(5-3-6)11(8,9)10;7-5-1-2-6(8)4-3-5;2-1-3;/h2*1-15,22H;2-5H,1H3,(H,8,9,10);1-4,7-8H;1H2;/q2*+1;;;;/p-1. The number of phenols is 2. The van der Waals surface area contributed by atoms with E-state index < -0.39 is 27.3 Å². The molecule has 0 atom stereocenters. The van der Waals surface area contributed by atoms with Gasteiger partial charge in [0.2, 0.25) is 0 Å². The largest absolute Gasteiger partial charge is 0.744 e. The monoisotopic (exact) mass is 1090 g/mol. The van der Waals surface area contributed by atoms with Crippen LogP contribution in [0, 0.1) is 6.92 Å². The Morgan fingerprint density at radius 1 is 0.403 bits per heavy atom. The summed E-state index contributed by atoms with van der Waals surface area (Å²) in [7, 11) is -8.27. The van der Waals surface area contributed by atoms with E-state index in [9.17, 15) is 13.0 Å². The number of aryl methyl sites for hydroxylation is 1. The quantitative estimate of drug-likeness (QED) is 0.0373. The Balaban J connectivity index is 0.000000247. The van der Waals surface area contributed by atoms with Crippen LogP contribution >= 0.6 is 40.4 Å². The predicted octanol–water partition coefficient (Wildman–Crippen LogP) is 13.8. The van der Waals surface area contributed by atoms with Crippen molar-refractivity contribution in [1.29, 1.82) is 0 Å². The average Bonchev–Trinajstić information content (AvgIpc) is 3.33. The van der Waals surface area contributed by atoms with Crippen molar-refractivity contribution in [3.05, 3.63) is 236 Å². The summed E-state index contributed by atoms with van der Waals surface area (Å²) in [5.74, 6) is 4.69. The molecule has 11 nitrogen and oxygen atoms in total. The number of halogens is 2. The molecule has 8 aromatic carbocycles. The van der Waals surface area contributed by atoms with Gasteiger partial charge in [0.1, 0.15) is 21.6 Å². The molecule has 1 radical (unpaired) electrons. The molecule has 8 rings (SSSR count). The summed E-state index contributed by atoms with van der Waals surface area (Å²) in [5, 5.41) is 17.5. The van der Waals surface area contributed by atoms with E-state index in [1.165, 1.54) is 36.4 Å². The third-order valence-corrected chi connectivity index (χ3v) is 11.1. The summed E-state index contributed by atoms with van der Waals surface area (Å²) < 4.78 is 66.4. The maximum Gasteiger partial charge on any atom is 0.528 e. The van der Waals surface area contributed by atoms with Gasteiger partial charge in [-0.05, 0) is 116 Å². The minimum atomic E-state index is -4.27. The Hall–Kier alpha value is -5.87. The smallest absolute Gasteiger partial charge is 0.528 e. The van der Waals surface area contributed by atoms with Gasteiger partial charge in [0, 0.05) is 19.5 Å². The Bertz CT molecular complexity index is 2240. The van der Waals surface area contributed by atoms with Crippen molar-refractivity contribution in [2.45, 2.75) is 11.8 Å². The minimum absolute atomic E-state index is 0. The van der Waals surface area contributed by atoms with Crippen LogP contribution in [-0.2, 0) is 29.6 Å². The minimum Gasteiger partial charge on any atom is -0.744 e. The second-order valence-electron chi connectivity index (χ2n) is 12.9. The van der Waals surface area contributed by atoms with E-state index in [2.05, 4.69) is 0 Å². The topological polar surface area (TPSA) is 153 Å². The molecule has 351 valence electrons. The molecular formula is C50H47Cl2O11P2RhS+. The Labute approximate surface area is 416 Å². The van der Waals surface area contributed by atoms with Gasteiger partial charge < -0.3 is 14.8 Å². The molecule has 0 saturated heterocycles. The van der Waals surface area contributed by atoms with E-state index in [0.29, 0.717) is 0 Å². The zero-order valence-corrected chi connectivity index (χ0v) is 41.7. The number of alkyl halides is 2. The van der Waals surface area contributed by atoms with Crippen LogP contribution in [0.15, 0.2) is 235 Å². The molecule has 17 heteroatoms. The van der Waals surface area contributed by atoms with Crippen molar-refractivity contribution in [3.8, 4) is 46.0 Å². The molecule has 0 amide bonds. The zero-order valence-electron chi connectivity index (χ0n) is 35.7. The zero-order chi connectivity index (χ0) is 47.2. The first-order valence-corrected chi connectivity index (χ1v) is 24.7. The van der Waals surface area contributed by atoms with Crippen LogP contribution in [0.5, 0.6) is 46.0 Å². The van der Waals surface area contributed by atoms with Gasteiger partial charge in [-0.3, -0.25) is 27.1 Å². The molecule has 0 aliphatic carbocycles. The van der Waals surface area contributed by atoms with Crippen molar-refractivity contribution in [2.75, 3.05) is 5.34 Å². The second kappa shape index (κ2) is 31.9. The first-order chi connectivity index (χ1) is 32.0. The SMILES string of the molecule is Cc1ccc(S(=O)(=O)[O-])cc1.ClCCl.Oc1ccc(O)cc1.[Rh].c1ccc(O[PH+](Oc2ccccc2)Oc2ccccc2)cc1.c1ccc(O[PH+](Oc2ccccc2)Oc2ccccc2)cc1. The van der Waals surface area contributed by atoms with Gasteiger partial charge in [0.05, 0.1) is 10.2 Å². The van der Waals surface area contributed by atoms with E-state index >= 15 is 0 Å². The maximum absolute atomic E-state index is 10.4. The summed E-state index contributed by atoms with van der Waals surface area (Å²) in [5.41, 5.74) is 0.928. The number of rotatable bonds is 13. The molecule has 0 fully saturated rings. The van der Waals surface area contributed by atoms with Crippen molar-refractivity contribution in [2.24, 2.45) is 0 Å².